The number of nitrogens with one attached hydrogen (secondary N) is 1. The van der Waals surface area contributed by atoms with Gasteiger partial charge in [0.1, 0.15) is 11.4 Å². The molecule has 7 nitrogen and oxygen atoms in total. The first-order valence-electron chi connectivity index (χ1n) is 6.76. The Balaban J connectivity index is 1.98. The molecule has 2 aromatic heterocycles. The molecule has 0 atom stereocenters. The molecule has 0 unspecified atom stereocenters. The Bertz CT molecular complexity index is 932. The van der Waals surface area contributed by atoms with E-state index in [9.17, 15) is 14.7 Å². The minimum absolute atomic E-state index is 0.260. The molecule has 0 saturated carbocycles. The van der Waals surface area contributed by atoms with Crippen LogP contribution in [-0.4, -0.2) is 27.5 Å². The molecule has 0 fully saturated rings. The first kappa shape index (κ1) is 14.6. The molecule has 0 saturated heterocycles. The van der Waals surface area contributed by atoms with Crippen molar-refractivity contribution >= 4 is 17.2 Å². The number of hydrogen-bond donors (Lipinski definition) is 2. The van der Waals surface area contributed by atoms with Crippen LogP contribution in [0.15, 0.2) is 53.5 Å². The molecular formula is C16H13N3O4. The summed E-state index contributed by atoms with van der Waals surface area (Å²) in [6, 6.07) is 11.5. The number of nitrogens with zero attached hydrogens (tertiary/aromatic N) is 2. The van der Waals surface area contributed by atoms with Crippen molar-refractivity contribution in [1.82, 2.24) is 9.38 Å². The smallest absolute Gasteiger partial charge is 0.274 e. The summed E-state index contributed by atoms with van der Waals surface area (Å²) in [6.45, 7) is 0. The van der Waals surface area contributed by atoms with Gasteiger partial charge in [0, 0.05) is 11.9 Å². The Labute approximate surface area is 130 Å². The second-order valence-corrected chi connectivity index (χ2v) is 4.73. The monoisotopic (exact) mass is 311 g/mol. The van der Waals surface area contributed by atoms with E-state index in [4.69, 9.17) is 4.74 Å². The van der Waals surface area contributed by atoms with Crippen LogP contribution in [0.25, 0.3) is 5.65 Å². The molecule has 23 heavy (non-hydrogen) atoms. The zero-order chi connectivity index (χ0) is 16.4. The highest BCUT2D eigenvalue weighted by Crippen LogP contribution is 2.17. The maximum Gasteiger partial charge on any atom is 0.274 e. The minimum atomic E-state index is -0.733. The van der Waals surface area contributed by atoms with E-state index in [0.717, 1.165) is 0 Å². The van der Waals surface area contributed by atoms with Gasteiger partial charge >= 0.3 is 0 Å². The van der Waals surface area contributed by atoms with Crippen LogP contribution in [0, 0.1) is 0 Å². The van der Waals surface area contributed by atoms with Crippen molar-refractivity contribution in [2.75, 3.05) is 12.4 Å². The van der Waals surface area contributed by atoms with E-state index in [1.165, 1.54) is 17.7 Å². The molecule has 0 radical (unpaired) electrons. The number of hydrogen-bond acceptors (Lipinski definition) is 5. The first-order chi connectivity index (χ1) is 11.1. The number of carbonyl (C=O) groups excluding carboxylic acids is 1. The normalized spacial score (nSPS) is 10.5. The molecule has 0 aliphatic carbocycles. The Morgan fingerprint density at radius 3 is 2.65 bits per heavy atom. The molecule has 0 bridgehead atoms. The second-order valence-electron chi connectivity index (χ2n) is 4.73. The molecule has 7 heteroatoms. The Hall–Kier alpha value is -3.35. The number of carbonyl (C=O) groups is 1. The van der Waals surface area contributed by atoms with Gasteiger partial charge < -0.3 is 15.2 Å². The van der Waals surface area contributed by atoms with Crippen molar-refractivity contribution in [3.63, 3.8) is 0 Å². The van der Waals surface area contributed by atoms with E-state index in [2.05, 4.69) is 10.3 Å². The summed E-state index contributed by atoms with van der Waals surface area (Å²) in [5.74, 6) is -0.700. The Morgan fingerprint density at radius 1 is 1.22 bits per heavy atom. The first-order valence-corrected chi connectivity index (χ1v) is 6.76. The lowest BCUT2D eigenvalue weighted by Gasteiger charge is -2.08. The summed E-state index contributed by atoms with van der Waals surface area (Å²) in [5, 5.41) is 12.5. The predicted molar refractivity (Wildman–Crippen MR) is 84.1 cm³/mol. The van der Waals surface area contributed by atoms with Gasteiger partial charge in [0.2, 0.25) is 5.88 Å². The lowest BCUT2D eigenvalue weighted by molar-refractivity contribution is 0.102. The number of rotatable bonds is 3. The van der Waals surface area contributed by atoms with Gasteiger partial charge in [-0.15, -0.1) is 0 Å². The number of pyridine rings is 1. The molecule has 2 N–H and O–H groups in total. The van der Waals surface area contributed by atoms with Crippen LogP contribution in [0.2, 0.25) is 0 Å². The molecule has 0 aliphatic rings. The van der Waals surface area contributed by atoms with E-state index >= 15 is 0 Å². The number of anilines is 1. The number of benzene rings is 1. The molecular weight excluding hydrogens is 298 g/mol. The zero-order valence-electron chi connectivity index (χ0n) is 12.2. The van der Waals surface area contributed by atoms with Gasteiger partial charge in [0.05, 0.1) is 7.11 Å². The van der Waals surface area contributed by atoms with Crippen molar-refractivity contribution in [3.8, 4) is 11.6 Å². The average Bonchev–Trinajstić information content (AvgIpc) is 2.55. The summed E-state index contributed by atoms with van der Waals surface area (Å²) in [6.07, 6.45) is 1.48. The molecule has 1 aromatic carbocycles. The fourth-order valence-corrected chi connectivity index (χ4v) is 2.14. The lowest BCUT2D eigenvalue weighted by atomic mass is 10.2. The summed E-state index contributed by atoms with van der Waals surface area (Å²) in [7, 11) is 1.54. The minimum Gasteiger partial charge on any atom is -0.497 e. The summed E-state index contributed by atoms with van der Waals surface area (Å²) in [5.41, 5.74) is -0.326. The SMILES string of the molecule is COc1ccc(NC(=O)c2c(O)nc3ccccn3c2=O)cc1. The van der Waals surface area contributed by atoms with Crippen LogP contribution in [0.5, 0.6) is 11.6 Å². The fraction of sp³-hybridized carbons (Fsp3) is 0.0625. The Kier molecular flexibility index (Phi) is 3.68. The second kappa shape index (κ2) is 5.80. The Morgan fingerprint density at radius 2 is 1.96 bits per heavy atom. The molecule has 3 rings (SSSR count). The van der Waals surface area contributed by atoms with Crippen molar-refractivity contribution in [2.24, 2.45) is 0 Å². The molecule has 116 valence electrons. The number of ether oxygens (including phenoxy) is 1. The third-order valence-corrected chi connectivity index (χ3v) is 3.29. The van der Waals surface area contributed by atoms with Crippen LogP contribution < -0.4 is 15.6 Å². The van der Waals surface area contributed by atoms with Crippen LogP contribution >= 0.6 is 0 Å². The quantitative estimate of drug-likeness (QED) is 0.767. The average molecular weight is 311 g/mol. The maximum absolute atomic E-state index is 12.4. The number of amides is 1. The van der Waals surface area contributed by atoms with E-state index in [0.29, 0.717) is 11.4 Å². The van der Waals surface area contributed by atoms with Gasteiger partial charge in [0.15, 0.2) is 5.56 Å². The van der Waals surface area contributed by atoms with E-state index in [1.807, 2.05) is 0 Å². The molecule has 3 aromatic rings. The van der Waals surface area contributed by atoms with Gasteiger partial charge in [-0.05, 0) is 36.4 Å². The van der Waals surface area contributed by atoms with Crippen LogP contribution in [0.4, 0.5) is 5.69 Å². The van der Waals surface area contributed by atoms with Gasteiger partial charge in [-0.1, -0.05) is 6.07 Å². The van der Waals surface area contributed by atoms with Crippen molar-refractivity contribution in [2.45, 2.75) is 0 Å². The van der Waals surface area contributed by atoms with E-state index < -0.39 is 22.9 Å². The van der Waals surface area contributed by atoms with Crippen molar-refractivity contribution < 1.29 is 14.6 Å². The summed E-state index contributed by atoms with van der Waals surface area (Å²) >= 11 is 0. The maximum atomic E-state index is 12.4. The third-order valence-electron chi connectivity index (χ3n) is 3.29. The van der Waals surface area contributed by atoms with Crippen LogP contribution in [-0.2, 0) is 0 Å². The summed E-state index contributed by atoms with van der Waals surface area (Å²) in [4.78, 5) is 28.5. The molecule has 2 heterocycles. The van der Waals surface area contributed by atoms with Crippen LogP contribution in [0.1, 0.15) is 10.4 Å². The number of fused-ring (bicyclic) bond motifs is 1. The van der Waals surface area contributed by atoms with Gasteiger partial charge in [-0.3, -0.25) is 14.0 Å². The standard InChI is InChI=1S/C16H13N3O4/c1-23-11-7-5-10(6-8-11)17-14(20)13-15(21)18-12-4-2-3-9-19(12)16(13)22/h2-9,21H,1H3,(H,17,20). The lowest BCUT2D eigenvalue weighted by Crippen LogP contribution is -2.27. The van der Waals surface area contributed by atoms with E-state index in [-0.39, 0.29) is 5.65 Å². The highest BCUT2D eigenvalue weighted by molar-refractivity contribution is 6.05. The highest BCUT2D eigenvalue weighted by Gasteiger charge is 2.19. The third kappa shape index (κ3) is 2.71. The number of methoxy groups -OCH3 is 1. The highest BCUT2D eigenvalue weighted by atomic mass is 16.5. The fourth-order valence-electron chi connectivity index (χ4n) is 2.14. The largest absolute Gasteiger partial charge is 0.497 e. The number of aromatic nitrogens is 2. The topological polar surface area (TPSA) is 92.9 Å². The van der Waals surface area contributed by atoms with E-state index in [1.54, 1.807) is 42.5 Å². The van der Waals surface area contributed by atoms with Crippen LogP contribution in [0.3, 0.4) is 0 Å². The molecule has 0 spiro atoms. The van der Waals surface area contributed by atoms with Crippen molar-refractivity contribution in [3.05, 3.63) is 64.6 Å². The van der Waals surface area contributed by atoms with Crippen molar-refractivity contribution in [1.29, 1.82) is 0 Å². The number of aromatic hydroxyl groups is 1. The van der Waals surface area contributed by atoms with Gasteiger partial charge in [-0.2, -0.15) is 4.98 Å². The predicted octanol–water partition coefficient (Wildman–Crippen LogP) is 1.66. The van der Waals surface area contributed by atoms with Gasteiger partial charge in [0.25, 0.3) is 11.5 Å². The summed E-state index contributed by atoms with van der Waals surface area (Å²) < 4.78 is 6.23. The molecule has 1 amide bonds. The molecule has 0 aliphatic heterocycles. The van der Waals surface area contributed by atoms with Gasteiger partial charge in [-0.25, -0.2) is 0 Å². The zero-order valence-corrected chi connectivity index (χ0v) is 12.2.